The van der Waals surface area contributed by atoms with Crippen LogP contribution in [0.5, 0.6) is 0 Å². The molecule has 1 aliphatic carbocycles. The van der Waals surface area contributed by atoms with Gasteiger partial charge in [-0.1, -0.05) is 25.0 Å². The number of nitro groups is 1. The first-order valence-corrected chi connectivity index (χ1v) is 5.02. The van der Waals surface area contributed by atoms with E-state index in [2.05, 4.69) is 0 Å². The molecule has 1 aliphatic rings. The Hall–Kier alpha value is -1.38. The zero-order chi connectivity index (χ0) is 9.97. The molecule has 0 N–H and O–H groups in total. The van der Waals surface area contributed by atoms with Crippen molar-refractivity contribution in [1.82, 2.24) is 0 Å². The van der Waals surface area contributed by atoms with Gasteiger partial charge in [0, 0.05) is 12.1 Å². The fourth-order valence-electron chi connectivity index (χ4n) is 2.15. The first-order chi connectivity index (χ1) is 6.77. The molecule has 3 heteroatoms. The van der Waals surface area contributed by atoms with Crippen LogP contribution in [0.25, 0.3) is 0 Å². The molecule has 2 rings (SSSR count). The van der Waals surface area contributed by atoms with Gasteiger partial charge in [0.2, 0.25) is 0 Å². The van der Waals surface area contributed by atoms with Crippen LogP contribution >= 0.6 is 0 Å². The average Bonchev–Trinajstić information content (AvgIpc) is 2.71. The first kappa shape index (κ1) is 9.19. The molecule has 74 valence electrons. The fraction of sp³-hybridized carbons (Fsp3) is 0.455. The first-order valence-electron chi connectivity index (χ1n) is 5.02. The van der Waals surface area contributed by atoms with E-state index in [0.29, 0.717) is 5.92 Å². The van der Waals surface area contributed by atoms with Crippen LogP contribution in [0.3, 0.4) is 0 Å². The van der Waals surface area contributed by atoms with Crippen molar-refractivity contribution in [2.24, 2.45) is 0 Å². The quantitative estimate of drug-likeness (QED) is 0.532. The third kappa shape index (κ3) is 1.76. The van der Waals surface area contributed by atoms with E-state index in [1.165, 1.54) is 25.7 Å². The molecule has 0 amide bonds. The van der Waals surface area contributed by atoms with Gasteiger partial charge in [-0.2, -0.15) is 0 Å². The smallest absolute Gasteiger partial charge is 0.258 e. The van der Waals surface area contributed by atoms with Crippen LogP contribution in [0, 0.1) is 10.1 Å². The second kappa shape index (κ2) is 3.78. The van der Waals surface area contributed by atoms with Crippen LogP contribution in [0.2, 0.25) is 0 Å². The summed E-state index contributed by atoms with van der Waals surface area (Å²) in [4.78, 5) is 10.3. The maximum Gasteiger partial charge on any atom is 0.269 e. The minimum atomic E-state index is -0.321. The molecule has 1 aromatic carbocycles. The summed E-state index contributed by atoms with van der Waals surface area (Å²) in [6, 6.07) is 7.06. The summed E-state index contributed by atoms with van der Waals surface area (Å²) in [6.45, 7) is 0. The molecule has 0 heterocycles. The van der Waals surface area contributed by atoms with E-state index in [-0.39, 0.29) is 10.6 Å². The second-order valence-corrected chi connectivity index (χ2v) is 3.83. The molecule has 0 aromatic heterocycles. The summed E-state index contributed by atoms with van der Waals surface area (Å²) < 4.78 is 0. The average molecular weight is 191 g/mol. The number of rotatable bonds is 2. The van der Waals surface area contributed by atoms with E-state index < -0.39 is 0 Å². The zero-order valence-corrected chi connectivity index (χ0v) is 7.98. The van der Waals surface area contributed by atoms with Crippen LogP contribution in [0.15, 0.2) is 24.3 Å². The van der Waals surface area contributed by atoms with Gasteiger partial charge in [-0.3, -0.25) is 10.1 Å². The van der Waals surface area contributed by atoms with Crippen molar-refractivity contribution < 1.29 is 4.92 Å². The fourth-order valence-corrected chi connectivity index (χ4v) is 2.15. The van der Waals surface area contributed by atoms with E-state index in [9.17, 15) is 10.1 Å². The Bertz CT molecular complexity index is 343. The van der Waals surface area contributed by atoms with Gasteiger partial charge in [0.15, 0.2) is 0 Å². The van der Waals surface area contributed by atoms with Gasteiger partial charge in [-0.05, 0) is 24.3 Å². The van der Waals surface area contributed by atoms with Crippen LogP contribution in [0.4, 0.5) is 5.69 Å². The van der Waals surface area contributed by atoms with Crippen LogP contribution in [-0.2, 0) is 0 Å². The molecule has 0 aliphatic heterocycles. The third-order valence-electron chi connectivity index (χ3n) is 2.91. The molecule has 0 bridgehead atoms. The third-order valence-corrected chi connectivity index (χ3v) is 2.91. The van der Waals surface area contributed by atoms with Crippen molar-refractivity contribution in [3.63, 3.8) is 0 Å². The van der Waals surface area contributed by atoms with Gasteiger partial charge < -0.3 is 0 Å². The van der Waals surface area contributed by atoms with Crippen molar-refractivity contribution in [3.05, 3.63) is 39.9 Å². The lowest BCUT2D eigenvalue weighted by molar-refractivity contribution is -0.384. The lowest BCUT2D eigenvalue weighted by atomic mass is 9.97. The van der Waals surface area contributed by atoms with Crippen molar-refractivity contribution in [1.29, 1.82) is 0 Å². The zero-order valence-electron chi connectivity index (χ0n) is 7.98. The van der Waals surface area contributed by atoms with Gasteiger partial charge in [0.1, 0.15) is 0 Å². The highest BCUT2D eigenvalue weighted by atomic mass is 16.6. The molecule has 0 spiro atoms. The predicted octanol–water partition coefficient (Wildman–Crippen LogP) is 3.25. The molecule has 1 saturated carbocycles. The number of hydrogen-bond donors (Lipinski definition) is 0. The van der Waals surface area contributed by atoms with Gasteiger partial charge in [-0.25, -0.2) is 0 Å². The van der Waals surface area contributed by atoms with Gasteiger partial charge in [0.25, 0.3) is 5.69 Å². The number of hydrogen-bond acceptors (Lipinski definition) is 2. The molecule has 3 nitrogen and oxygen atoms in total. The Morgan fingerprint density at radius 3 is 2.64 bits per heavy atom. The lowest BCUT2D eigenvalue weighted by Crippen LogP contribution is -1.94. The number of nitrogens with zero attached hydrogens (tertiary/aromatic N) is 1. The Labute approximate surface area is 82.9 Å². The Balaban J connectivity index is 2.25. The molecule has 14 heavy (non-hydrogen) atoms. The highest BCUT2D eigenvalue weighted by Crippen LogP contribution is 2.35. The number of nitro benzene ring substituents is 1. The van der Waals surface area contributed by atoms with E-state index in [4.69, 9.17) is 0 Å². The summed E-state index contributed by atoms with van der Waals surface area (Å²) in [5.74, 6) is 0.551. The van der Waals surface area contributed by atoms with Crippen molar-refractivity contribution in [2.45, 2.75) is 31.6 Å². The van der Waals surface area contributed by atoms with Crippen molar-refractivity contribution in [3.8, 4) is 0 Å². The maximum atomic E-state index is 10.6. The topological polar surface area (TPSA) is 43.1 Å². The van der Waals surface area contributed by atoms with E-state index in [0.717, 1.165) is 5.56 Å². The molecule has 0 unspecified atom stereocenters. The van der Waals surface area contributed by atoms with Crippen LogP contribution < -0.4 is 0 Å². The monoisotopic (exact) mass is 191 g/mol. The van der Waals surface area contributed by atoms with Crippen molar-refractivity contribution >= 4 is 5.69 Å². The molecule has 1 fully saturated rings. The largest absolute Gasteiger partial charge is 0.269 e. The number of benzene rings is 1. The minimum absolute atomic E-state index is 0.217. The summed E-state index contributed by atoms with van der Waals surface area (Å²) in [6.07, 6.45) is 4.88. The standard InChI is InChI=1S/C11H13NO2/c13-12(14)11-7-3-6-10(8-11)9-4-1-2-5-9/h3,6-9H,1-2,4-5H2. The lowest BCUT2D eigenvalue weighted by Gasteiger charge is -2.08. The van der Waals surface area contributed by atoms with Crippen LogP contribution in [0.1, 0.15) is 37.2 Å². The Morgan fingerprint density at radius 1 is 1.29 bits per heavy atom. The SMILES string of the molecule is O=[N+]([O-])c1cccc(C2CCCC2)c1. The van der Waals surface area contributed by atoms with E-state index in [1.807, 2.05) is 6.07 Å². The highest BCUT2D eigenvalue weighted by Gasteiger charge is 2.18. The second-order valence-electron chi connectivity index (χ2n) is 3.83. The summed E-state index contributed by atoms with van der Waals surface area (Å²) >= 11 is 0. The molecular weight excluding hydrogens is 178 g/mol. The van der Waals surface area contributed by atoms with E-state index in [1.54, 1.807) is 18.2 Å². The van der Waals surface area contributed by atoms with Crippen LogP contribution in [-0.4, -0.2) is 4.92 Å². The highest BCUT2D eigenvalue weighted by molar-refractivity contribution is 5.36. The molecule has 1 aromatic rings. The number of non-ortho nitro benzene ring substituents is 1. The van der Waals surface area contributed by atoms with Crippen molar-refractivity contribution in [2.75, 3.05) is 0 Å². The predicted molar refractivity (Wildman–Crippen MR) is 54.3 cm³/mol. The minimum Gasteiger partial charge on any atom is -0.258 e. The molecule has 0 atom stereocenters. The Kier molecular flexibility index (Phi) is 2.48. The molecule has 0 saturated heterocycles. The van der Waals surface area contributed by atoms with Gasteiger partial charge in [-0.15, -0.1) is 0 Å². The Morgan fingerprint density at radius 2 is 2.00 bits per heavy atom. The van der Waals surface area contributed by atoms with Gasteiger partial charge in [0.05, 0.1) is 4.92 Å². The molecule has 0 radical (unpaired) electrons. The van der Waals surface area contributed by atoms with E-state index >= 15 is 0 Å². The normalized spacial score (nSPS) is 17.1. The summed E-state index contributed by atoms with van der Waals surface area (Å²) in [5.41, 5.74) is 1.35. The molecular formula is C11H13NO2. The summed E-state index contributed by atoms with van der Waals surface area (Å²) in [5, 5.41) is 10.6. The maximum absolute atomic E-state index is 10.6. The summed E-state index contributed by atoms with van der Waals surface area (Å²) in [7, 11) is 0. The van der Waals surface area contributed by atoms with Gasteiger partial charge >= 0.3 is 0 Å².